The molecule has 1 fully saturated rings. The standard InChI is InChI=1S/C16H19BO3.C15H15FO3.C10H7FO.ClH/c1-15(2)16(3,4)20-17(19-15)13-9-10-14(18)12-8-6-5-7-11(12)13;1-15(2,3)19-14(17)18-13-9-8-12(16)10-6-4-5-7-11(10)13;11-9-5-6-10(12)8-4-2-1-3-7(8)9;/h5-10,18H,1-4H3;4-9H,1-3H3;1-6,12H;1H/i;16-1;11-1;. The van der Waals surface area contributed by atoms with E-state index in [9.17, 15) is 23.8 Å². The van der Waals surface area contributed by atoms with E-state index in [1.165, 1.54) is 24.3 Å². The highest BCUT2D eigenvalue weighted by molar-refractivity contribution is 6.65. The molecular formula is C41H42BClF2O7. The van der Waals surface area contributed by atoms with Gasteiger partial charge in [0.1, 0.15) is 34.5 Å². The van der Waals surface area contributed by atoms with Crippen LogP contribution in [0.1, 0.15) is 48.5 Å². The van der Waals surface area contributed by atoms with Gasteiger partial charge in [-0.1, -0.05) is 78.9 Å². The van der Waals surface area contributed by atoms with E-state index in [0.29, 0.717) is 21.5 Å². The quantitative estimate of drug-likeness (QED) is 0.104. The second-order valence-corrected chi connectivity index (χ2v) is 14.1. The van der Waals surface area contributed by atoms with Crippen molar-refractivity contribution in [2.24, 2.45) is 0 Å². The van der Waals surface area contributed by atoms with Crippen molar-refractivity contribution in [1.82, 2.24) is 0 Å². The van der Waals surface area contributed by atoms with Crippen molar-refractivity contribution in [2.75, 3.05) is 0 Å². The van der Waals surface area contributed by atoms with Crippen LogP contribution in [0.15, 0.2) is 109 Å². The molecule has 6 aromatic carbocycles. The third-order valence-corrected chi connectivity index (χ3v) is 8.70. The minimum atomic E-state index is -0.802. The zero-order chi connectivity index (χ0) is 37.1. The number of aromatic hydroxyl groups is 2. The van der Waals surface area contributed by atoms with E-state index in [-0.39, 0.29) is 52.5 Å². The maximum absolute atomic E-state index is 13.6. The lowest BCUT2D eigenvalue weighted by Crippen LogP contribution is -2.41. The molecular weight excluding hydrogens is 687 g/mol. The van der Waals surface area contributed by atoms with E-state index < -0.39 is 18.9 Å². The first-order valence-corrected chi connectivity index (χ1v) is 16.5. The van der Waals surface area contributed by atoms with Gasteiger partial charge in [-0.2, -0.15) is 0 Å². The molecule has 1 aliphatic rings. The Labute approximate surface area is 308 Å². The van der Waals surface area contributed by atoms with Gasteiger partial charge in [-0.3, -0.25) is 0 Å². The Morgan fingerprint density at radius 2 is 1.02 bits per heavy atom. The van der Waals surface area contributed by atoms with Crippen LogP contribution in [0.2, 0.25) is 0 Å². The molecule has 7 rings (SSSR count). The molecule has 0 aliphatic carbocycles. The Kier molecular flexibility index (Phi) is 12.1. The zero-order valence-corrected chi connectivity index (χ0v) is 30.9. The molecule has 0 radical (unpaired) electrons. The summed E-state index contributed by atoms with van der Waals surface area (Å²) >= 11 is 0. The second-order valence-electron chi connectivity index (χ2n) is 14.1. The zero-order valence-electron chi connectivity index (χ0n) is 30.1. The Bertz CT molecular complexity index is 2140. The lowest BCUT2D eigenvalue weighted by molar-refractivity contribution is 0.00578. The van der Waals surface area contributed by atoms with E-state index >= 15 is 0 Å². The molecule has 11 heteroatoms. The third-order valence-electron chi connectivity index (χ3n) is 8.70. The van der Waals surface area contributed by atoms with E-state index in [2.05, 4.69) is 0 Å². The second kappa shape index (κ2) is 15.8. The predicted octanol–water partition coefficient (Wildman–Crippen LogP) is 10.2. The lowest BCUT2D eigenvalue weighted by Gasteiger charge is -2.32. The van der Waals surface area contributed by atoms with Gasteiger partial charge in [0.25, 0.3) is 0 Å². The fourth-order valence-electron chi connectivity index (χ4n) is 5.41. The van der Waals surface area contributed by atoms with Crippen molar-refractivity contribution in [3.8, 4) is 17.2 Å². The smallest absolute Gasteiger partial charge is 0.507 e. The summed E-state index contributed by atoms with van der Waals surface area (Å²) in [6, 6.07) is 30.3. The van der Waals surface area contributed by atoms with Crippen LogP contribution in [0.5, 0.6) is 17.2 Å². The van der Waals surface area contributed by atoms with Crippen LogP contribution in [0.25, 0.3) is 32.3 Å². The first kappa shape index (κ1) is 39.9. The molecule has 272 valence electrons. The normalized spacial score (nSPS) is 14.4. The Morgan fingerprint density at radius 3 is 1.52 bits per heavy atom. The Balaban J connectivity index is 0.000000178. The minimum absolute atomic E-state index is 0. The number of phenols is 2. The van der Waals surface area contributed by atoms with Crippen LogP contribution in [-0.4, -0.2) is 40.3 Å². The largest absolute Gasteiger partial charge is 0.514 e. The summed E-state index contributed by atoms with van der Waals surface area (Å²) in [6.45, 7) is 13.4. The molecule has 1 heterocycles. The number of rotatable bonds is 2. The SMILES string of the molecule is CC(C)(C)OC(=O)Oc1ccc([18F])c2ccccc12.CC1(C)OB(c2ccc(O)c3ccccc23)OC1(C)C.Cl.Oc1ccc([18F])c2ccccc12. The average molecular weight is 729 g/mol. The predicted molar refractivity (Wildman–Crippen MR) is 205 cm³/mol. The molecule has 7 nitrogen and oxygen atoms in total. The van der Waals surface area contributed by atoms with Gasteiger partial charge in [-0.25, -0.2) is 13.6 Å². The molecule has 0 atom stereocenters. The number of benzene rings is 6. The van der Waals surface area contributed by atoms with E-state index in [4.69, 9.17) is 18.8 Å². The molecule has 0 bridgehead atoms. The maximum Gasteiger partial charge on any atom is 0.514 e. The first-order chi connectivity index (χ1) is 24.0. The van der Waals surface area contributed by atoms with E-state index in [0.717, 1.165) is 16.2 Å². The van der Waals surface area contributed by atoms with Crippen molar-refractivity contribution in [3.05, 3.63) is 121 Å². The first-order valence-electron chi connectivity index (χ1n) is 16.5. The molecule has 52 heavy (non-hydrogen) atoms. The summed E-state index contributed by atoms with van der Waals surface area (Å²) in [4.78, 5) is 11.6. The van der Waals surface area contributed by atoms with Crippen LogP contribution in [0, 0.1) is 11.6 Å². The monoisotopic (exact) mass is 728 g/mol. The Morgan fingerprint density at radius 1 is 0.615 bits per heavy atom. The van der Waals surface area contributed by atoms with Gasteiger partial charge in [0, 0.05) is 26.9 Å². The van der Waals surface area contributed by atoms with Gasteiger partial charge >= 0.3 is 13.3 Å². The maximum atomic E-state index is 13.6. The number of hydrogen-bond acceptors (Lipinski definition) is 7. The summed E-state index contributed by atoms with van der Waals surface area (Å²) in [5, 5.41) is 23.0. The number of halogens is 3. The van der Waals surface area contributed by atoms with Gasteiger partial charge < -0.3 is 29.0 Å². The molecule has 1 aliphatic heterocycles. The highest BCUT2D eigenvalue weighted by Gasteiger charge is 2.52. The molecule has 1 saturated heterocycles. The van der Waals surface area contributed by atoms with Gasteiger partial charge in [0.05, 0.1) is 11.2 Å². The van der Waals surface area contributed by atoms with Crippen LogP contribution in [-0.2, 0) is 14.0 Å². The van der Waals surface area contributed by atoms with Crippen LogP contribution in [0.3, 0.4) is 0 Å². The average Bonchev–Trinajstić information content (AvgIpc) is 3.30. The van der Waals surface area contributed by atoms with E-state index in [1.54, 1.807) is 75.4 Å². The molecule has 0 unspecified atom stereocenters. The van der Waals surface area contributed by atoms with Crippen molar-refractivity contribution in [1.29, 1.82) is 0 Å². The molecule has 0 aromatic heterocycles. The molecule has 6 aromatic rings. The third kappa shape index (κ3) is 8.93. The van der Waals surface area contributed by atoms with Crippen LogP contribution < -0.4 is 10.2 Å². The number of carbonyl (C=O) groups is 1. The van der Waals surface area contributed by atoms with Gasteiger partial charge in [0.15, 0.2) is 0 Å². The fraction of sp³-hybridized carbons (Fsp3) is 0.244. The highest BCUT2D eigenvalue weighted by Crippen LogP contribution is 2.37. The number of ether oxygens (including phenoxy) is 2. The van der Waals surface area contributed by atoms with Gasteiger partial charge in [-0.05, 0) is 89.6 Å². The van der Waals surface area contributed by atoms with Crippen molar-refractivity contribution < 1.29 is 42.6 Å². The minimum Gasteiger partial charge on any atom is -0.507 e. The van der Waals surface area contributed by atoms with Crippen molar-refractivity contribution in [2.45, 2.75) is 65.3 Å². The fourth-order valence-corrected chi connectivity index (χ4v) is 5.41. The summed E-state index contributed by atoms with van der Waals surface area (Å²) in [5.74, 6) is 0.0228. The van der Waals surface area contributed by atoms with Crippen molar-refractivity contribution in [3.63, 3.8) is 0 Å². The van der Waals surface area contributed by atoms with Crippen LogP contribution >= 0.6 is 12.4 Å². The lowest BCUT2D eigenvalue weighted by atomic mass is 9.76. The van der Waals surface area contributed by atoms with Crippen molar-refractivity contribution >= 4 is 63.5 Å². The summed E-state index contributed by atoms with van der Waals surface area (Å²) in [5.41, 5.74) is -0.405. The number of hydrogen-bond donors (Lipinski definition) is 2. The Hall–Kier alpha value is -4.90. The summed E-state index contributed by atoms with van der Waals surface area (Å²) in [7, 11) is -0.412. The molecule has 0 spiro atoms. The molecule has 2 N–H and O–H groups in total. The molecule has 0 amide bonds. The highest BCUT2D eigenvalue weighted by atomic mass is 35.5. The van der Waals surface area contributed by atoms with Crippen LogP contribution in [0.4, 0.5) is 13.6 Å². The number of phenolic OH excluding ortho intramolecular Hbond substituents is 2. The van der Waals surface area contributed by atoms with Gasteiger partial charge in [0.2, 0.25) is 0 Å². The number of fused-ring (bicyclic) bond motifs is 3. The summed E-state index contributed by atoms with van der Waals surface area (Å²) in [6.07, 6.45) is -0.802. The molecule has 0 saturated carbocycles. The summed E-state index contributed by atoms with van der Waals surface area (Å²) < 4.78 is 49.0. The topological polar surface area (TPSA) is 94.5 Å². The van der Waals surface area contributed by atoms with Gasteiger partial charge in [-0.15, -0.1) is 12.4 Å². The van der Waals surface area contributed by atoms with E-state index in [1.807, 2.05) is 58.0 Å². The number of carbonyl (C=O) groups excluding carboxylic acids is 1.